The molecule has 0 bridgehead atoms. The maximum Gasteiger partial charge on any atom is 0.262 e. The summed E-state index contributed by atoms with van der Waals surface area (Å²) in [5.41, 5.74) is 1.71. The van der Waals surface area contributed by atoms with Crippen LogP contribution in [0.5, 0.6) is 11.5 Å². The molecule has 0 unspecified atom stereocenters. The highest BCUT2D eigenvalue weighted by atomic mass is 79.9. The van der Waals surface area contributed by atoms with Crippen LogP contribution in [0.3, 0.4) is 0 Å². The number of hydrogen-bond acceptors (Lipinski definition) is 3. The molecule has 1 amide bonds. The molecule has 0 aromatic heterocycles. The van der Waals surface area contributed by atoms with Crippen molar-refractivity contribution in [3.63, 3.8) is 0 Å². The third kappa shape index (κ3) is 6.01. The lowest BCUT2D eigenvalue weighted by Gasteiger charge is -2.11. The van der Waals surface area contributed by atoms with Gasteiger partial charge < -0.3 is 14.8 Å². The first-order chi connectivity index (χ1) is 13.1. The summed E-state index contributed by atoms with van der Waals surface area (Å²) in [4.78, 5) is 12.1. The molecule has 3 rings (SSSR count). The van der Waals surface area contributed by atoms with Crippen LogP contribution in [-0.2, 0) is 11.4 Å². The minimum absolute atomic E-state index is 0.142. The fraction of sp³-hybridized carbons (Fsp3) is 0.0952. The maximum atomic E-state index is 12.1. The summed E-state index contributed by atoms with van der Waals surface area (Å²) in [6.07, 6.45) is 0. The normalized spacial score (nSPS) is 10.3. The zero-order valence-corrected chi connectivity index (χ0v) is 16.7. The molecule has 3 aromatic carbocycles. The molecular formula is C21H17BrClNO3. The second-order valence-electron chi connectivity index (χ2n) is 5.71. The van der Waals surface area contributed by atoms with Crippen molar-refractivity contribution >= 4 is 39.1 Å². The van der Waals surface area contributed by atoms with Crippen molar-refractivity contribution < 1.29 is 14.3 Å². The number of hydrogen-bond donors (Lipinski definition) is 1. The molecule has 138 valence electrons. The molecular weight excluding hydrogens is 430 g/mol. The van der Waals surface area contributed by atoms with E-state index in [1.807, 2.05) is 42.5 Å². The van der Waals surface area contributed by atoms with E-state index in [-0.39, 0.29) is 12.5 Å². The number of carbonyl (C=O) groups excluding carboxylic acids is 1. The van der Waals surface area contributed by atoms with Gasteiger partial charge in [0.2, 0.25) is 0 Å². The minimum Gasteiger partial charge on any atom is -0.489 e. The summed E-state index contributed by atoms with van der Waals surface area (Å²) in [6, 6.07) is 22.3. The zero-order chi connectivity index (χ0) is 19.1. The first-order valence-electron chi connectivity index (χ1n) is 8.24. The maximum absolute atomic E-state index is 12.1. The van der Waals surface area contributed by atoms with Crippen molar-refractivity contribution in [1.82, 2.24) is 0 Å². The summed E-state index contributed by atoms with van der Waals surface area (Å²) in [5.74, 6) is 0.845. The van der Waals surface area contributed by atoms with E-state index in [1.165, 1.54) is 0 Å². The Morgan fingerprint density at radius 3 is 2.56 bits per heavy atom. The molecule has 0 spiro atoms. The van der Waals surface area contributed by atoms with Gasteiger partial charge in [-0.3, -0.25) is 4.79 Å². The molecule has 0 saturated heterocycles. The van der Waals surface area contributed by atoms with Crippen molar-refractivity contribution in [1.29, 1.82) is 0 Å². The molecule has 3 aromatic rings. The molecule has 0 aliphatic carbocycles. The Morgan fingerprint density at radius 1 is 0.963 bits per heavy atom. The molecule has 0 radical (unpaired) electrons. The van der Waals surface area contributed by atoms with Crippen molar-refractivity contribution in [3.05, 3.63) is 87.9 Å². The smallest absolute Gasteiger partial charge is 0.262 e. The van der Waals surface area contributed by atoms with Crippen LogP contribution in [-0.4, -0.2) is 12.5 Å². The Balaban J connectivity index is 1.53. The predicted octanol–water partition coefficient (Wildman–Crippen LogP) is 5.70. The molecule has 0 heterocycles. The number of nitrogens with one attached hydrogen (secondary N) is 1. The molecule has 0 saturated carbocycles. The van der Waals surface area contributed by atoms with Crippen LogP contribution in [0, 0.1) is 0 Å². The highest BCUT2D eigenvalue weighted by Crippen LogP contribution is 2.27. The third-order valence-corrected chi connectivity index (χ3v) is 4.41. The van der Waals surface area contributed by atoms with Crippen molar-refractivity contribution in [2.45, 2.75) is 6.61 Å². The Bertz CT molecular complexity index is 918. The fourth-order valence-electron chi connectivity index (χ4n) is 2.34. The van der Waals surface area contributed by atoms with E-state index in [9.17, 15) is 4.79 Å². The number of ether oxygens (including phenoxy) is 2. The molecule has 6 heteroatoms. The largest absolute Gasteiger partial charge is 0.489 e. The number of anilines is 1. The summed E-state index contributed by atoms with van der Waals surface area (Å²) in [5, 5.41) is 3.22. The van der Waals surface area contributed by atoms with Crippen molar-refractivity contribution in [2.75, 3.05) is 11.9 Å². The molecule has 0 aliphatic rings. The van der Waals surface area contributed by atoms with E-state index in [1.54, 1.807) is 30.3 Å². The van der Waals surface area contributed by atoms with E-state index in [2.05, 4.69) is 21.2 Å². The van der Waals surface area contributed by atoms with Gasteiger partial charge in [0.05, 0.1) is 5.02 Å². The van der Waals surface area contributed by atoms with Crippen LogP contribution in [0.25, 0.3) is 0 Å². The lowest BCUT2D eigenvalue weighted by Crippen LogP contribution is -2.20. The van der Waals surface area contributed by atoms with Crippen LogP contribution in [0.1, 0.15) is 5.56 Å². The first kappa shape index (κ1) is 19.3. The zero-order valence-electron chi connectivity index (χ0n) is 14.3. The van der Waals surface area contributed by atoms with Gasteiger partial charge in [0.15, 0.2) is 6.61 Å². The molecule has 0 fully saturated rings. The minimum atomic E-state index is -0.283. The van der Waals surface area contributed by atoms with E-state index in [4.69, 9.17) is 21.1 Å². The van der Waals surface area contributed by atoms with Gasteiger partial charge in [0.1, 0.15) is 18.1 Å². The highest BCUT2D eigenvalue weighted by molar-refractivity contribution is 9.10. The van der Waals surface area contributed by atoms with Crippen LogP contribution in [0.2, 0.25) is 5.02 Å². The van der Waals surface area contributed by atoms with Gasteiger partial charge in [-0.1, -0.05) is 63.9 Å². The monoisotopic (exact) mass is 445 g/mol. The Labute approximate surface area is 171 Å². The van der Waals surface area contributed by atoms with Crippen LogP contribution in [0.4, 0.5) is 5.69 Å². The fourth-order valence-corrected chi connectivity index (χ4v) is 3.07. The second-order valence-corrected chi connectivity index (χ2v) is 7.04. The van der Waals surface area contributed by atoms with E-state index in [0.29, 0.717) is 28.8 Å². The lowest BCUT2D eigenvalue weighted by molar-refractivity contribution is -0.118. The number of carbonyl (C=O) groups is 1. The standard InChI is InChI=1S/C21H17BrClNO3/c22-16-9-10-20(19(23)11-16)27-14-21(25)24-17-7-4-8-18(12-17)26-13-15-5-2-1-3-6-15/h1-12H,13-14H2,(H,24,25). The van der Waals surface area contributed by atoms with Gasteiger partial charge in [-0.05, 0) is 35.9 Å². The molecule has 0 atom stereocenters. The summed E-state index contributed by atoms with van der Waals surface area (Å²) in [6.45, 7) is 0.319. The van der Waals surface area contributed by atoms with Gasteiger partial charge in [0, 0.05) is 16.2 Å². The van der Waals surface area contributed by atoms with E-state index >= 15 is 0 Å². The highest BCUT2D eigenvalue weighted by Gasteiger charge is 2.07. The first-order valence-corrected chi connectivity index (χ1v) is 9.42. The van der Waals surface area contributed by atoms with Crippen LogP contribution >= 0.6 is 27.5 Å². The number of halogens is 2. The Morgan fingerprint density at radius 2 is 1.78 bits per heavy atom. The van der Waals surface area contributed by atoms with Crippen molar-refractivity contribution in [3.8, 4) is 11.5 Å². The molecule has 1 N–H and O–H groups in total. The van der Waals surface area contributed by atoms with Gasteiger partial charge >= 0.3 is 0 Å². The molecule has 4 nitrogen and oxygen atoms in total. The van der Waals surface area contributed by atoms with Gasteiger partial charge in [0.25, 0.3) is 5.91 Å². The Kier molecular flexibility index (Phi) is 6.74. The van der Waals surface area contributed by atoms with Gasteiger partial charge in [-0.25, -0.2) is 0 Å². The molecule has 0 aliphatic heterocycles. The number of benzene rings is 3. The van der Waals surface area contributed by atoms with Gasteiger partial charge in [-0.15, -0.1) is 0 Å². The van der Waals surface area contributed by atoms with Crippen LogP contribution < -0.4 is 14.8 Å². The summed E-state index contributed by atoms with van der Waals surface area (Å²) in [7, 11) is 0. The third-order valence-electron chi connectivity index (χ3n) is 3.62. The quantitative estimate of drug-likeness (QED) is 0.506. The van der Waals surface area contributed by atoms with Crippen LogP contribution in [0.15, 0.2) is 77.3 Å². The number of amides is 1. The predicted molar refractivity (Wildman–Crippen MR) is 110 cm³/mol. The topological polar surface area (TPSA) is 47.6 Å². The lowest BCUT2D eigenvalue weighted by atomic mass is 10.2. The molecule has 27 heavy (non-hydrogen) atoms. The van der Waals surface area contributed by atoms with E-state index < -0.39 is 0 Å². The average Bonchev–Trinajstić information content (AvgIpc) is 2.67. The second kappa shape index (κ2) is 9.44. The summed E-state index contributed by atoms with van der Waals surface area (Å²) < 4.78 is 12.1. The Hall–Kier alpha value is -2.50. The number of rotatable bonds is 7. The average molecular weight is 447 g/mol. The van der Waals surface area contributed by atoms with Gasteiger partial charge in [-0.2, -0.15) is 0 Å². The summed E-state index contributed by atoms with van der Waals surface area (Å²) >= 11 is 9.40. The van der Waals surface area contributed by atoms with E-state index in [0.717, 1.165) is 10.0 Å². The SMILES string of the molecule is O=C(COc1ccc(Br)cc1Cl)Nc1cccc(OCc2ccccc2)c1. The van der Waals surface area contributed by atoms with Crippen molar-refractivity contribution in [2.24, 2.45) is 0 Å².